The van der Waals surface area contributed by atoms with E-state index >= 15 is 0 Å². The fraction of sp³-hybridized carbons (Fsp3) is 0.483. The minimum absolute atomic E-state index is 0.0291. The van der Waals surface area contributed by atoms with Crippen LogP contribution in [0.1, 0.15) is 73.8 Å². The summed E-state index contributed by atoms with van der Waals surface area (Å²) in [5.74, 6) is 0.975. The number of carbonyl (C=O) groups is 2. The van der Waals surface area contributed by atoms with E-state index < -0.39 is 0 Å². The third kappa shape index (κ3) is 7.72. The highest BCUT2D eigenvalue weighted by molar-refractivity contribution is 9.10. The minimum Gasteiger partial charge on any atom is -0.338 e. The van der Waals surface area contributed by atoms with E-state index in [1.165, 1.54) is 5.56 Å². The van der Waals surface area contributed by atoms with E-state index in [0.29, 0.717) is 30.4 Å². The van der Waals surface area contributed by atoms with Crippen molar-refractivity contribution in [1.29, 1.82) is 0 Å². The van der Waals surface area contributed by atoms with Crippen LogP contribution in [0.3, 0.4) is 0 Å². The largest absolute Gasteiger partial charge is 0.338 e. The Kier molecular flexibility index (Phi) is 9.31. The van der Waals surface area contributed by atoms with Gasteiger partial charge in [0.05, 0.1) is 6.42 Å². The second-order valence-electron chi connectivity index (χ2n) is 11.2. The molecule has 2 N–H and O–H groups in total. The summed E-state index contributed by atoms with van der Waals surface area (Å²) in [7, 11) is 0. The van der Waals surface area contributed by atoms with E-state index in [2.05, 4.69) is 74.8 Å². The number of hydrogen-bond acceptors (Lipinski definition) is 5. The molecule has 0 unspecified atom stereocenters. The van der Waals surface area contributed by atoms with Gasteiger partial charge in [-0.3, -0.25) is 4.79 Å². The number of nitrogens with one attached hydrogen (secondary N) is 2. The number of tetrazole rings is 1. The molecule has 202 valence electrons. The summed E-state index contributed by atoms with van der Waals surface area (Å²) in [5.41, 5.74) is 3.07. The molecule has 2 aromatic carbocycles. The molecule has 1 aromatic heterocycles. The first-order chi connectivity index (χ1) is 18.2. The normalized spacial score (nSPS) is 17.7. The van der Waals surface area contributed by atoms with Gasteiger partial charge in [-0.15, -0.1) is 10.2 Å². The first-order valence-corrected chi connectivity index (χ1v) is 14.1. The zero-order valence-electron chi connectivity index (χ0n) is 22.4. The third-order valence-corrected chi connectivity index (χ3v) is 8.09. The van der Waals surface area contributed by atoms with Gasteiger partial charge in [0, 0.05) is 29.2 Å². The highest BCUT2D eigenvalue weighted by atomic mass is 79.9. The van der Waals surface area contributed by atoms with Gasteiger partial charge in [0.15, 0.2) is 11.6 Å². The number of aromatic amines is 1. The Bertz CT molecular complexity index is 1180. The summed E-state index contributed by atoms with van der Waals surface area (Å²) >= 11 is 3.47. The van der Waals surface area contributed by atoms with Crippen molar-refractivity contribution in [3.8, 4) is 0 Å². The number of amides is 2. The fourth-order valence-electron chi connectivity index (χ4n) is 5.18. The summed E-state index contributed by atoms with van der Waals surface area (Å²) in [6.07, 6.45) is 5.13. The number of carbonyl (C=O) groups excluding carboxylic acids is 2. The Morgan fingerprint density at radius 3 is 2.26 bits per heavy atom. The Morgan fingerprint density at radius 1 is 1.00 bits per heavy atom. The highest BCUT2D eigenvalue weighted by Gasteiger charge is 2.33. The Morgan fingerprint density at radius 2 is 1.66 bits per heavy atom. The van der Waals surface area contributed by atoms with Crippen LogP contribution in [-0.4, -0.2) is 49.9 Å². The monoisotopic (exact) mass is 580 g/mol. The predicted molar refractivity (Wildman–Crippen MR) is 151 cm³/mol. The van der Waals surface area contributed by atoms with Crippen LogP contribution < -0.4 is 5.32 Å². The first kappa shape index (κ1) is 28.0. The summed E-state index contributed by atoms with van der Waals surface area (Å²) in [6, 6.07) is 15.9. The maximum Gasteiger partial charge on any atom is 0.317 e. The summed E-state index contributed by atoms with van der Waals surface area (Å²) < 4.78 is 1.05. The van der Waals surface area contributed by atoms with Crippen molar-refractivity contribution in [2.75, 3.05) is 6.54 Å². The third-order valence-electron chi connectivity index (χ3n) is 7.56. The maximum atomic E-state index is 13.5. The first-order valence-electron chi connectivity index (χ1n) is 13.3. The van der Waals surface area contributed by atoms with Gasteiger partial charge < -0.3 is 10.2 Å². The molecule has 0 saturated heterocycles. The number of urea groups is 1. The Balaban J connectivity index is 1.41. The molecule has 1 heterocycles. The molecule has 4 rings (SSSR count). The van der Waals surface area contributed by atoms with Crippen LogP contribution >= 0.6 is 15.9 Å². The molecular weight excluding hydrogens is 544 g/mol. The smallest absolute Gasteiger partial charge is 0.317 e. The number of halogens is 1. The van der Waals surface area contributed by atoms with Crippen molar-refractivity contribution in [2.24, 2.45) is 11.3 Å². The molecule has 38 heavy (non-hydrogen) atoms. The lowest BCUT2D eigenvalue weighted by Crippen LogP contribution is -2.48. The quantitative estimate of drug-likeness (QED) is 0.314. The Hall–Kier alpha value is -3.07. The van der Waals surface area contributed by atoms with Crippen molar-refractivity contribution in [1.82, 2.24) is 30.8 Å². The molecule has 2 amide bonds. The van der Waals surface area contributed by atoms with E-state index in [1.807, 2.05) is 41.3 Å². The number of rotatable bonds is 9. The summed E-state index contributed by atoms with van der Waals surface area (Å²) in [4.78, 5) is 28.0. The topological polar surface area (TPSA) is 104 Å². The van der Waals surface area contributed by atoms with Gasteiger partial charge in [-0.2, -0.15) is 5.21 Å². The van der Waals surface area contributed by atoms with Gasteiger partial charge in [0.1, 0.15) is 0 Å². The molecule has 0 radical (unpaired) electrons. The van der Waals surface area contributed by atoms with Crippen molar-refractivity contribution >= 4 is 27.7 Å². The number of Topliss-reactive ketones (excluding diaryl/α,β-unsaturated/α-hetero) is 1. The molecule has 9 heteroatoms. The SMILES string of the molecule is CC(C)(C)C1CCC(N(Cc2ccc(C(=O)Cc3nn[nH]n3)cc2)C(=O)NCCc2ccc(Br)cc2)CC1. The molecule has 1 saturated carbocycles. The number of benzene rings is 2. The standard InChI is InChI=1S/C29H37BrN6O2/c1-29(2,3)23-10-14-25(15-11-23)36(28(38)31-17-16-20-6-12-24(30)13-7-20)19-21-4-8-22(9-5-21)26(37)18-27-32-34-35-33-27/h4-9,12-13,23,25H,10-11,14-19H2,1-3H3,(H,31,38)(H,32,33,34,35). The molecule has 0 atom stereocenters. The maximum absolute atomic E-state index is 13.5. The lowest BCUT2D eigenvalue weighted by molar-refractivity contribution is 0.0989. The van der Waals surface area contributed by atoms with Crippen molar-refractivity contribution in [2.45, 2.75) is 71.9 Å². The number of hydrogen-bond donors (Lipinski definition) is 2. The van der Waals surface area contributed by atoms with E-state index in [4.69, 9.17) is 0 Å². The predicted octanol–water partition coefficient (Wildman–Crippen LogP) is 5.75. The van der Waals surface area contributed by atoms with Gasteiger partial charge in [-0.25, -0.2) is 4.79 Å². The van der Waals surface area contributed by atoms with E-state index in [-0.39, 0.29) is 29.7 Å². The van der Waals surface area contributed by atoms with Gasteiger partial charge in [-0.05, 0) is 66.7 Å². The van der Waals surface area contributed by atoms with Crippen LogP contribution in [0.2, 0.25) is 0 Å². The average molecular weight is 582 g/mol. The van der Waals surface area contributed by atoms with Crippen LogP contribution in [0.5, 0.6) is 0 Å². The number of H-pyrrole nitrogens is 1. The lowest BCUT2D eigenvalue weighted by atomic mass is 9.71. The van der Waals surface area contributed by atoms with Crippen LogP contribution in [0.25, 0.3) is 0 Å². The van der Waals surface area contributed by atoms with E-state index in [0.717, 1.165) is 42.1 Å². The van der Waals surface area contributed by atoms with Gasteiger partial charge in [0.25, 0.3) is 0 Å². The average Bonchev–Trinajstić information content (AvgIpc) is 3.41. The van der Waals surface area contributed by atoms with E-state index in [9.17, 15) is 9.59 Å². The molecule has 1 aliphatic carbocycles. The molecule has 0 bridgehead atoms. The molecule has 1 fully saturated rings. The van der Waals surface area contributed by atoms with Gasteiger partial charge in [-0.1, -0.05) is 78.3 Å². The molecule has 8 nitrogen and oxygen atoms in total. The van der Waals surface area contributed by atoms with Crippen LogP contribution in [0, 0.1) is 11.3 Å². The minimum atomic E-state index is -0.0685. The second kappa shape index (κ2) is 12.7. The van der Waals surface area contributed by atoms with Crippen LogP contribution in [0.15, 0.2) is 53.0 Å². The molecular formula is C29H37BrN6O2. The van der Waals surface area contributed by atoms with Crippen molar-refractivity contribution < 1.29 is 9.59 Å². The molecule has 0 spiro atoms. The van der Waals surface area contributed by atoms with E-state index in [1.54, 1.807) is 0 Å². The summed E-state index contributed by atoms with van der Waals surface area (Å²) in [6.45, 7) is 8.02. The van der Waals surface area contributed by atoms with Gasteiger partial charge in [0.2, 0.25) is 0 Å². The lowest BCUT2D eigenvalue weighted by Gasteiger charge is -2.41. The zero-order chi connectivity index (χ0) is 27.1. The molecule has 3 aromatic rings. The number of aromatic nitrogens is 4. The second-order valence-corrected chi connectivity index (χ2v) is 12.1. The van der Waals surface area contributed by atoms with Crippen LogP contribution in [0.4, 0.5) is 4.79 Å². The van der Waals surface area contributed by atoms with Crippen molar-refractivity contribution in [3.05, 3.63) is 75.5 Å². The molecule has 0 aliphatic heterocycles. The van der Waals surface area contributed by atoms with Crippen molar-refractivity contribution in [3.63, 3.8) is 0 Å². The number of ketones is 1. The highest BCUT2D eigenvalue weighted by Crippen LogP contribution is 2.39. The summed E-state index contributed by atoms with van der Waals surface area (Å²) in [5, 5.41) is 16.7. The van der Waals surface area contributed by atoms with Crippen LogP contribution in [-0.2, 0) is 19.4 Å². The molecule has 1 aliphatic rings. The zero-order valence-corrected chi connectivity index (χ0v) is 24.0. The fourth-order valence-corrected chi connectivity index (χ4v) is 5.45. The van der Waals surface area contributed by atoms with Gasteiger partial charge >= 0.3 is 6.03 Å². The number of nitrogens with zero attached hydrogens (tertiary/aromatic N) is 4. The Labute approximate surface area is 233 Å².